The Labute approximate surface area is 178 Å². The molecule has 0 radical (unpaired) electrons. The molecule has 0 unspecified atom stereocenters. The average Bonchev–Trinajstić information content (AvgIpc) is 2.77. The molecule has 2 aromatic rings. The number of nitrogens with one attached hydrogen (secondary N) is 1. The smallest absolute Gasteiger partial charge is 0.251 e. The van der Waals surface area contributed by atoms with Gasteiger partial charge in [-0.1, -0.05) is 13.0 Å². The molecule has 3 rings (SSSR count). The van der Waals surface area contributed by atoms with Crippen molar-refractivity contribution in [2.75, 3.05) is 44.7 Å². The Balaban J connectivity index is 1.72. The molecule has 162 valence electrons. The molecule has 1 fully saturated rings. The van der Waals surface area contributed by atoms with E-state index in [9.17, 15) is 13.2 Å². The summed E-state index contributed by atoms with van der Waals surface area (Å²) in [5.41, 5.74) is 2.20. The van der Waals surface area contributed by atoms with E-state index in [0.29, 0.717) is 38.3 Å². The van der Waals surface area contributed by atoms with E-state index in [1.807, 2.05) is 38.1 Å². The van der Waals surface area contributed by atoms with Gasteiger partial charge in [0.1, 0.15) is 5.75 Å². The molecule has 1 saturated heterocycles. The van der Waals surface area contributed by atoms with Crippen LogP contribution >= 0.6 is 0 Å². The molecule has 1 aliphatic heterocycles. The van der Waals surface area contributed by atoms with Crippen LogP contribution in [0, 0.1) is 6.92 Å². The van der Waals surface area contributed by atoms with Gasteiger partial charge in [-0.05, 0) is 55.3 Å². The van der Waals surface area contributed by atoms with Crippen LogP contribution < -0.4 is 15.0 Å². The maximum Gasteiger partial charge on any atom is 0.251 e. The van der Waals surface area contributed by atoms with Gasteiger partial charge in [0.15, 0.2) is 0 Å². The highest BCUT2D eigenvalue weighted by Gasteiger charge is 2.29. The first-order chi connectivity index (χ1) is 14.4. The summed E-state index contributed by atoms with van der Waals surface area (Å²) in [5, 5.41) is 2.82. The number of ether oxygens (including phenoxy) is 1. The lowest BCUT2D eigenvalue weighted by atomic mass is 10.1. The van der Waals surface area contributed by atoms with Gasteiger partial charge in [0.25, 0.3) is 5.91 Å². The van der Waals surface area contributed by atoms with Crippen LogP contribution in [-0.4, -0.2) is 58.5 Å². The largest absolute Gasteiger partial charge is 0.497 e. The summed E-state index contributed by atoms with van der Waals surface area (Å²) < 4.78 is 33.0. The standard InChI is InChI=1S/C22H29N3O4S/c1-4-11-23-22(26)21-16-20(10-5-17(21)2)30(27,28)25-14-12-24(13-15-25)18-6-8-19(29-3)9-7-18/h5-10,16H,4,11-15H2,1-3H3,(H,23,26). The van der Waals surface area contributed by atoms with Gasteiger partial charge >= 0.3 is 0 Å². The molecule has 1 N–H and O–H groups in total. The molecule has 1 aliphatic rings. The quantitative estimate of drug-likeness (QED) is 0.729. The van der Waals surface area contributed by atoms with Crippen LogP contribution in [0.15, 0.2) is 47.4 Å². The Hall–Kier alpha value is -2.58. The number of methoxy groups -OCH3 is 1. The van der Waals surface area contributed by atoms with Crippen molar-refractivity contribution in [1.29, 1.82) is 0 Å². The SMILES string of the molecule is CCCNC(=O)c1cc(S(=O)(=O)N2CCN(c3ccc(OC)cc3)CC2)ccc1C. The minimum Gasteiger partial charge on any atom is -0.497 e. The van der Waals surface area contributed by atoms with E-state index >= 15 is 0 Å². The molecule has 0 saturated carbocycles. The second-order valence-electron chi connectivity index (χ2n) is 7.32. The fraction of sp³-hybridized carbons (Fsp3) is 0.409. The molecule has 0 atom stereocenters. The number of aryl methyl sites for hydroxylation is 1. The second kappa shape index (κ2) is 9.49. The van der Waals surface area contributed by atoms with Crippen molar-refractivity contribution < 1.29 is 17.9 Å². The predicted molar refractivity (Wildman–Crippen MR) is 118 cm³/mol. The topological polar surface area (TPSA) is 79.0 Å². The van der Waals surface area contributed by atoms with Crippen LogP contribution in [-0.2, 0) is 10.0 Å². The minimum atomic E-state index is -3.66. The minimum absolute atomic E-state index is 0.160. The number of nitrogens with zero attached hydrogens (tertiary/aromatic N) is 2. The summed E-state index contributed by atoms with van der Waals surface area (Å²) in [5.74, 6) is 0.550. The second-order valence-corrected chi connectivity index (χ2v) is 9.26. The number of anilines is 1. The summed E-state index contributed by atoms with van der Waals surface area (Å²) in [4.78, 5) is 14.7. The summed E-state index contributed by atoms with van der Waals surface area (Å²) >= 11 is 0. The van der Waals surface area contributed by atoms with Gasteiger partial charge in [-0.25, -0.2) is 8.42 Å². The number of rotatable bonds is 7. The zero-order chi connectivity index (χ0) is 21.7. The number of sulfonamides is 1. The normalized spacial score (nSPS) is 15.1. The molecule has 1 heterocycles. The summed E-state index contributed by atoms with van der Waals surface area (Å²) in [7, 11) is -2.04. The van der Waals surface area contributed by atoms with E-state index in [1.54, 1.807) is 19.2 Å². The van der Waals surface area contributed by atoms with Gasteiger partial charge in [-0.3, -0.25) is 4.79 Å². The molecular weight excluding hydrogens is 402 g/mol. The lowest BCUT2D eigenvalue weighted by molar-refractivity contribution is 0.0953. The third-order valence-electron chi connectivity index (χ3n) is 5.30. The molecule has 30 heavy (non-hydrogen) atoms. The van der Waals surface area contributed by atoms with Crippen molar-refractivity contribution in [1.82, 2.24) is 9.62 Å². The zero-order valence-corrected chi connectivity index (χ0v) is 18.5. The van der Waals surface area contributed by atoms with E-state index in [0.717, 1.165) is 23.4 Å². The van der Waals surface area contributed by atoms with Crippen LogP contribution in [0.2, 0.25) is 0 Å². The van der Waals surface area contributed by atoms with Crippen molar-refractivity contribution in [2.45, 2.75) is 25.2 Å². The van der Waals surface area contributed by atoms with Crippen molar-refractivity contribution >= 4 is 21.6 Å². The highest BCUT2D eigenvalue weighted by molar-refractivity contribution is 7.89. The van der Waals surface area contributed by atoms with Gasteiger partial charge in [0, 0.05) is 44.0 Å². The number of amides is 1. The first-order valence-corrected chi connectivity index (χ1v) is 11.6. The Kier molecular flexibility index (Phi) is 6.99. The predicted octanol–water partition coefficient (Wildman–Crippen LogP) is 2.65. The van der Waals surface area contributed by atoms with E-state index < -0.39 is 10.0 Å². The number of hydrogen-bond donors (Lipinski definition) is 1. The molecule has 0 bridgehead atoms. The Morgan fingerprint density at radius 2 is 1.73 bits per heavy atom. The van der Waals surface area contributed by atoms with Crippen molar-refractivity contribution in [3.8, 4) is 5.75 Å². The summed E-state index contributed by atoms with van der Waals surface area (Å²) in [6.45, 7) is 6.31. The highest BCUT2D eigenvalue weighted by atomic mass is 32.2. The first kappa shape index (κ1) is 22.1. The molecular formula is C22H29N3O4S. The lowest BCUT2D eigenvalue weighted by Gasteiger charge is -2.35. The number of benzene rings is 2. The third kappa shape index (κ3) is 4.76. The molecule has 0 aromatic heterocycles. The van der Waals surface area contributed by atoms with Crippen molar-refractivity contribution in [2.24, 2.45) is 0 Å². The molecule has 0 spiro atoms. The van der Waals surface area contributed by atoms with Gasteiger partial charge in [0.05, 0.1) is 12.0 Å². The molecule has 8 heteroatoms. The Bertz CT molecular complexity index is 982. The van der Waals surface area contributed by atoms with Crippen LogP contribution in [0.5, 0.6) is 5.75 Å². The summed E-state index contributed by atoms with van der Waals surface area (Å²) in [6, 6.07) is 12.5. The number of carbonyl (C=O) groups is 1. The van der Waals surface area contributed by atoms with E-state index in [-0.39, 0.29) is 10.8 Å². The van der Waals surface area contributed by atoms with Crippen LogP contribution in [0.3, 0.4) is 0 Å². The molecule has 7 nitrogen and oxygen atoms in total. The monoisotopic (exact) mass is 431 g/mol. The average molecular weight is 432 g/mol. The Morgan fingerprint density at radius 1 is 1.07 bits per heavy atom. The zero-order valence-electron chi connectivity index (χ0n) is 17.7. The van der Waals surface area contributed by atoms with E-state index in [1.165, 1.54) is 10.4 Å². The van der Waals surface area contributed by atoms with Crippen LogP contribution in [0.1, 0.15) is 29.3 Å². The fourth-order valence-electron chi connectivity index (χ4n) is 3.47. The van der Waals surface area contributed by atoms with Crippen molar-refractivity contribution in [3.05, 3.63) is 53.6 Å². The maximum absolute atomic E-state index is 13.2. The van der Waals surface area contributed by atoms with Gasteiger partial charge in [-0.2, -0.15) is 4.31 Å². The molecule has 1 amide bonds. The lowest BCUT2D eigenvalue weighted by Crippen LogP contribution is -2.48. The van der Waals surface area contributed by atoms with Gasteiger partial charge in [-0.15, -0.1) is 0 Å². The maximum atomic E-state index is 13.2. The van der Waals surface area contributed by atoms with Gasteiger partial charge < -0.3 is 15.0 Å². The van der Waals surface area contributed by atoms with Gasteiger partial charge in [0.2, 0.25) is 10.0 Å². The highest BCUT2D eigenvalue weighted by Crippen LogP contribution is 2.24. The fourth-order valence-corrected chi connectivity index (χ4v) is 4.92. The molecule has 2 aromatic carbocycles. The number of carbonyl (C=O) groups excluding carboxylic acids is 1. The number of piperazine rings is 1. The van der Waals surface area contributed by atoms with Crippen LogP contribution in [0.4, 0.5) is 5.69 Å². The summed E-state index contributed by atoms with van der Waals surface area (Å²) in [6.07, 6.45) is 0.821. The first-order valence-electron chi connectivity index (χ1n) is 10.1. The molecule has 0 aliphatic carbocycles. The number of hydrogen-bond acceptors (Lipinski definition) is 5. The van der Waals surface area contributed by atoms with Crippen molar-refractivity contribution in [3.63, 3.8) is 0 Å². The van der Waals surface area contributed by atoms with E-state index in [4.69, 9.17) is 4.74 Å². The third-order valence-corrected chi connectivity index (χ3v) is 7.20. The van der Waals surface area contributed by atoms with E-state index in [2.05, 4.69) is 10.2 Å². The Morgan fingerprint density at radius 3 is 2.33 bits per heavy atom. The van der Waals surface area contributed by atoms with Crippen LogP contribution in [0.25, 0.3) is 0 Å².